The van der Waals surface area contributed by atoms with Crippen LogP contribution in [0.2, 0.25) is 0 Å². The third kappa shape index (κ3) is 3.75. The standard InChI is InChI=1S/C23H18N4O2S2/c1-29-20-10-6-5-9-18(20)27-19(16-7-3-2-4-8-16)14-24-22(27)31-15-17-13-21(28)26-11-12-30-23(26)25-17/h2-14H,15H2,1H3. The SMILES string of the molecule is COc1ccccc1-n1c(-c2ccccc2)cnc1SCc1cc(=O)n2ccsc2n1. The summed E-state index contributed by atoms with van der Waals surface area (Å²) in [5, 5.41) is 2.66. The molecule has 2 aromatic carbocycles. The lowest BCUT2D eigenvalue weighted by molar-refractivity contribution is 0.412. The molecule has 31 heavy (non-hydrogen) atoms. The predicted molar refractivity (Wildman–Crippen MR) is 124 cm³/mol. The molecule has 0 saturated carbocycles. The highest BCUT2D eigenvalue weighted by Gasteiger charge is 2.17. The van der Waals surface area contributed by atoms with Crippen LogP contribution in [0.15, 0.2) is 88.4 Å². The number of ether oxygens (including phenoxy) is 1. The van der Waals surface area contributed by atoms with Gasteiger partial charge < -0.3 is 4.74 Å². The summed E-state index contributed by atoms with van der Waals surface area (Å²) >= 11 is 2.99. The number of imidazole rings is 1. The van der Waals surface area contributed by atoms with Gasteiger partial charge in [-0.15, -0.1) is 11.3 Å². The van der Waals surface area contributed by atoms with Gasteiger partial charge in [-0.1, -0.05) is 54.2 Å². The van der Waals surface area contributed by atoms with Crippen molar-refractivity contribution in [2.45, 2.75) is 10.9 Å². The average Bonchev–Trinajstić information content (AvgIpc) is 3.45. The molecule has 0 aliphatic carbocycles. The van der Waals surface area contributed by atoms with Crippen LogP contribution in [0.25, 0.3) is 21.9 Å². The molecule has 0 saturated heterocycles. The fraction of sp³-hybridized carbons (Fsp3) is 0.0870. The van der Waals surface area contributed by atoms with Crippen LogP contribution >= 0.6 is 23.1 Å². The van der Waals surface area contributed by atoms with E-state index in [1.54, 1.807) is 23.8 Å². The Bertz CT molecular complexity index is 1410. The van der Waals surface area contributed by atoms with Crippen molar-refractivity contribution in [3.05, 3.63) is 94.5 Å². The zero-order valence-corrected chi connectivity index (χ0v) is 18.3. The van der Waals surface area contributed by atoms with Crippen molar-refractivity contribution in [1.82, 2.24) is 18.9 Å². The minimum absolute atomic E-state index is 0.0695. The van der Waals surface area contributed by atoms with Gasteiger partial charge in [-0.3, -0.25) is 13.8 Å². The van der Waals surface area contributed by atoms with Gasteiger partial charge in [0.1, 0.15) is 5.75 Å². The molecule has 0 bridgehead atoms. The zero-order valence-electron chi connectivity index (χ0n) is 16.6. The van der Waals surface area contributed by atoms with E-state index in [4.69, 9.17) is 9.72 Å². The van der Waals surface area contributed by atoms with Crippen molar-refractivity contribution in [1.29, 1.82) is 0 Å². The lowest BCUT2D eigenvalue weighted by Gasteiger charge is -2.15. The summed E-state index contributed by atoms with van der Waals surface area (Å²) in [4.78, 5) is 22.3. The fourth-order valence-electron chi connectivity index (χ4n) is 3.40. The van der Waals surface area contributed by atoms with E-state index in [-0.39, 0.29) is 5.56 Å². The van der Waals surface area contributed by atoms with Crippen LogP contribution in [0.3, 0.4) is 0 Å². The number of methoxy groups -OCH3 is 1. The number of thiazole rings is 1. The summed E-state index contributed by atoms with van der Waals surface area (Å²) < 4.78 is 9.27. The normalized spacial score (nSPS) is 11.1. The van der Waals surface area contributed by atoms with Gasteiger partial charge in [0.15, 0.2) is 10.1 Å². The Kier molecular flexibility index (Phi) is 5.31. The number of aromatic nitrogens is 4. The quantitative estimate of drug-likeness (QED) is 0.347. The van der Waals surface area contributed by atoms with Crippen LogP contribution < -0.4 is 10.3 Å². The molecule has 154 valence electrons. The molecule has 0 spiro atoms. The Hall–Kier alpha value is -3.36. The largest absolute Gasteiger partial charge is 0.495 e. The lowest BCUT2D eigenvalue weighted by atomic mass is 10.1. The van der Waals surface area contributed by atoms with E-state index in [9.17, 15) is 4.79 Å². The van der Waals surface area contributed by atoms with Gasteiger partial charge >= 0.3 is 0 Å². The number of para-hydroxylation sites is 2. The minimum Gasteiger partial charge on any atom is -0.495 e. The summed E-state index contributed by atoms with van der Waals surface area (Å²) in [6.45, 7) is 0. The molecule has 0 aliphatic rings. The van der Waals surface area contributed by atoms with E-state index < -0.39 is 0 Å². The predicted octanol–water partition coefficient (Wildman–Crippen LogP) is 4.91. The van der Waals surface area contributed by atoms with E-state index in [0.29, 0.717) is 10.7 Å². The summed E-state index contributed by atoms with van der Waals surface area (Å²) in [5.41, 5.74) is 3.59. The smallest absolute Gasteiger partial charge is 0.258 e. The molecule has 0 atom stereocenters. The Balaban J connectivity index is 1.56. The van der Waals surface area contributed by atoms with Crippen molar-refractivity contribution >= 4 is 28.1 Å². The molecule has 5 rings (SSSR count). The van der Waals surface area contributed by atoms with Gasteiger partial charge in [0.05, 0.1) is 30.4 Å². The lowest BCUT2D eigenvalue weighted by Crippen LogP contribution is -2.12. The molecular formula is C23H18N4O2S2. The maximum absolute atomic E-state index is 12.3. The monoisotopic (exact) mass is 446 g/mol. The van der Waals surface area contributed by atoms with E-state index in [2.05, 4.69) is 21.7 Å². The zero-order chi connectivity index (χ0) is 21.2. The van der Waals surface area contributed by atoms with Gasteiger partial charge in [0, 0.05) is 29.0 Å². The number of rotatable bonds is 6. The Morgan fingerprint density at radius 1 is 1.10 bits per heavy atom. The Labute approximate surface area is 186 Å². The summed E-state index contributed by atoms with van der Waals surface area (Å²) in [5.74, 6) is 1.29. The molecule has 5 aromatic rings. The number of thioether (sulfide) groups is 1. The molecule has 3 aromatic heterocycles. The third-order valence-electron chi connectivity index (χ3n) is 4.83. The molecule has 3 heterocycles. The third-order valence-corrected chi connectivity index (χ3v) is 6.57. The number of nitrogens with zero attached hydrogens (tertiary/aromatic N) is 4. The summed E-state index contributed by atoms with van der Waals surface area (Å²) in [7, 11) is 1.67. The summed E-state index contributed by atoms with van der Waals surface area (Å²) in [6.07, 6.45) is 3.61. The molecule has 0 fully saturated rings. The highest BCUT2D eigenvalue weighted by Crippen LogP contribution is 2.34. The van der Waals surface area contributed by atoms with E-state index >= 15 is 0 Å². The molecular weight excluding hydrogens is 428 g/mol. The second-order valence-corrected chi connectivity index (χ2v) is 8.54. The summed E-state index contributed by atoms with van der Waals surface area (Å²) in [6, 6.07) is 19.6. The second kappa shape index (κ2) is 8.41. The highest BCUT2D eigenvalue weighted by atomic mass is 32.2. The Morgan fingerprint density at radius 3 is 2.74 bits per heavy atom. The first-order valence-electron chi connectivity index (χ1n) is 9.60. The van der Waals surface area contributed by atoms with Crippen molar-refractivity contribution in [2.24, 2.45) is 0 Å². The van der Waals surface area contributed by atoms with Gasteiger partial charge in [-0.05, 0) is 12.1 Å². The molecule has 0 amide bonds. The molecule has 6 nitrogen and oxygen atoms in total. The van der Waals surface area contributed by atoms with Gasteiger partial charge in [-0.2, -0.15) is 0 Å². The van der Waals surface area contributed by atoms with Gasteiger partial charge in [-0.25, -0.2) is 9.97 Å². The van der Waals surface area contributed by atoms with Crippen molar-refractivity contribution in [3.63, 3.8) is 0 Å². The van der Waals surface area contributed by atoms with E-state index in [1.165, 1.54) is 23.1 Å². The minimum atomic E-state index is -0.0695. The van der Waals surface area contributed by atoms with Crippen molar-refractivity contribution < 1.29 is 4.74 Å². The highest BCUT2D eigenvalue weighted by molar-refractivity contribution is 7.98. The molecule has 0 unspecified atom stereocenters. The number of hydrogen-bond donors (Lipinski definition) is 0. The van der Waals surface area contributed by atoms with E-state index in [1.807, 2.05) is 54.0 Å². The van der Waals surface area contributed by atoms with Gasteiger partial charge in [0.2, 0.25) is 0 Å². The van der Waals surface area contributed by atoms with Gasteiger partial charge in [0.25, 0.3) is 5.56 Å². The number of hydrogen-bond acceptors (Lipinski definition) is 6. The average molecular weight is 447 g/mol. The maximum atomic E-state index is 12.3. The first-order valence-corrected chi connectivity index (χ1v) is 11.5. The molecule has 0 radical (unpaired) electrons. The first-order chi connectivity index (χ1) is 15.2. The fourth-order valence-corrected chi connectivity index (χ4v) is 5.01. The van der Waals surface area contributed by atoms with Crippen molar-refractivity contribution in [3.8, 4) is 22.7 Å². The van der Waals surface area contributed by atoms with Crippen molar-refractivity contribution in [2.75, 3.05) is 7.11 Å². The Morgan fingerprint density at radius 2 is 1.90 bits per heavy atom. The second-order valence-electron chi connectivity index (χ2n) is 6.73. The van der Waals surface area contributed by atoms with Crippen LogP contribution in [-0.2, 0) is 5.75 Å². The van der Waals surface area contributed by atoms with Crippen LogP contribution in [0.1, 0.15) is 5.69 Å². The topological polar surface area (TPSA) is 61.4 Å². The maximum Gasteiger partial charge on any atom is 0.258 e. The van der Waals surface area contributed by atoms with Crippen LogP contribution in [0, 0.1) is 0 Å². The first kappa shape index (κ1) is 19.6. The van der Waals surface area contributed by atoms with Crippen LogP contribution in [0.4, 0.5) is 0 Å². The number of benzene rings is 2. The number of fused-ring (bicyclic) bond motifs is 1. The molecule has 0 N–H and O–H groups in total. The molecule has 0 aliphatic heterocycles. The van der Waals surface area contributed by atoms with Crippen LogP contribution in [0.5, 0.6) is 5.75 Å². The van der Waals surface area contributed by atoms with Crippen LogP contribution in [-0.4, -0.2) is 26.0 Å². The van der Waals surface area contributed by atoms with E-state index in [0.717, 1.165) is 33.5 Å². The molecule has 8 heteroatoms.